The Kier molecular flexibility index (Phi) is 5.28. The fraction of sp³-hybridized carbons (Fsp3) is 0.562. The molecule has 1 fully saturated rings. The summed E-state index contributed by atoms with van der Waals surface area (Å²) >= 11 is 0. The summed E-state index contributed by atoms with van der Waals surface area (Å²) in [5, 5.41) is 3.40. The number of nitrogens with zero attached hydrogens (tertiary/aromatic N) is 1. The Bertz CT molecular complexity index is 519. The van der Waals surface area contributed by atoms with Crippen LogP contribution in [-0.4, -0.2) is 36.5 Å². The van der Waals surface area contributed by atoms with Crippen LogP contribution in [0, 0.1) is 18.6 Å². The zero-order chi connectivity index (χ0) is 15.4. The normalized spacial score (nSPS) is 18.9. The number of likely N-dealkylation sites (tertiary alicyclic amines) is 1. The number of halogens is 2. The summed E-state index contributed by atoms with van der Waals surface area (Å²) in [5.74, 6) is -1.75. The number of amides is 1. The highest BCUT2D eigenvalue weighted by atomic mass is 19.1. The Balaban J connectivity index is 2.10. The zero-order valence-electron chi connectivity index (χ0n) is 12.6. The predicted molar refractivity (Wildman–Crippen MR) is 78.3 cm³/mol. The highest BCUT2D eigenvalue weighted by Crippen LogP contribution is 2.19. The van der Waals surface area contributed by atoms with Gasteiger partial charge in [-0.1, -0.05) is 6.92 Å². The van der Waals surface area contributed by atoms with Crippen LogP contribution in [0.4, 0.5) is 8.78 Å². The summed E-state index contributed by atoms with van der Waals surface area (Å²) in [6.07, 6.45) is 2.96. The Morgan fingerprint density at radius 2 is 2.14 bits per heavy atom. The van der Waals surface area contributed by atoms with Crippen LogP contribution >= 0.6 is 0 Å². The first-order valence-corrected chi connectivity index (χ1v) is 7.51. The van der Waals surface area contributed by atoms with E-state index < -0.39 is 11.6 Å². The molecule has 1 aromatic carbocycles. The average Bonchev–Trinajstić information content (AvgIpc) is 2.48. The molecule has 1 saturated heterocycles. The largest absolute Gasteiger partial charge is 0.337 e. The van der Waals surface area contributed by atoms with E-state index in [2.05, 4.69) is 12.2 Å². The topological polar surface area (TPSA) is 32.3 Å². The van der Waals surface area contributed by atoms with Gasteiger partial charge in [-0.15, -0.1) is 0 Å². The van der Waals surface area contributed by atoms with Crippen LogP contribution in [0.2, 0.25) is 0 Å². The molecule has 0 radical (unpaired) electrons. The first-order valence-electron chi connectivity index (χ1n) is 7.51. The molecule has 116 valence electrons. The van der Waals surface area contributed by atoms with Gasteiger partial charge >= 0.3 is 0 Å². The molecular formula is C16H22F2N2O. The molecule has 1 atom stereocenters. The van der Waals surface area contributed by atoms with Crippen molar-refractivity contribution in [3.63, 3.8) is 0 Å². The molecule has 1 N–H and O–H groups in total. The SMILES string of the molecule is CCCNC1CCCN(C(=O)c2cc(C)c(F)cc2F)C1. The summed E-state index contributed by atoms with van der Waals surface area (Å²) < 4.78 is 27.1. The number of nitrogens with one attached hydrogen (secondary N) is 1. The van der Waals surface area contributed by atoms with Crippen molar-refractivity contribution in [2.24, 2.45) is 0 Å². The van der Waals surface area contributed by atoms with Gasteiger partial charge in [-0.25, -0.2) is 8.78 Å². The van der Waals surface area contributed by atoms with Crippen molar-refractivity contribution < 1.29 is 13.6 Å². The minimum atomic E-state index is -0.785. The van der Waals surface area contributed by atoms with Crippen molar-refractivity contribution in [2.75, 3.05) is 19.6 Å². The van der Waals surface area contributed by atoms with E-state index in [1.807, 2.05) is 0 Å². The van der Waals surface area contributed by atoms with E-state index in [9.17, 15) is 13.6 Å². The number of carbonyl (C=O) groups excluding carboxylic acids is 1. The second-order valence-corrected chi connectivity index (χ2v) is 5.63. The molecule has 0 saturated carbocycles. The lowest BCUT2D eigenvalue weighted by Crippen LogP contribution is -2.48. The van der Waals surface area contributed by atoms with E-state index in [1.165, 1.54) is 13.0 Å². The maximum absolute atomic E-state index is 13.8. The van der Waals surface area contributed by atoms with Gasteiger partial charge in [-0.2, -0.15) is 0 Å². The van der Waals surface area contributed by atoms with E-state index in [0.717, 1.165) is 31.9 Å². The third-order valence-corrected chi connectivity index (χ3v) is 3.87. The number of piperidine rings is 1. The molecule has 1 aliphatic heterocycles. The molecule has 1 unspecified atom stereocenters. The Morgan fingerprint density at radius 3 is 2.86 bits per heavy atom. The fourth-order valence-electron chi connectivity index (χ4n) is 2.67. The molecule has 2 rings (SSSR count). The average molecular weight is 296 g/mol. The van der Waals surface area contributed by atoms with Crippen LogP contribution in [0.1, 0.15) is 42.1 Å². The van der Waals surface area contributed by atoms with Gasteiger partial charge < -0.3 is 10.2 Å². The molecule has 0 aromatic heterocycles. The third-order valence-electron chi connectivity index (χ3n) is 3.87. The standard InChI is InChI=1S/C16H22F2N2O/c1-3-6-19-12-5-4-7-20(10-12)16(21)13-8-11(2)14(17)9-15(13)18/h8-9,12,19H,3-7,10H2,1-2H3. The summed E-state index contributed by atoms with van der Waals surface area (Å²) in [6, 6.07) is 2.35. The molecule has 1 heterocycles. The van der Waals surface area contributed by atoms with E-state index in [0.29, 0.717) is 13.1 Å². The molecule has 1 aliphatic rings. The van der Waals surface area contributed by atoms with Crippen molar-refractivity contribution in [1.82, 2.24) is 10.2 Å². The van der Waals surface area contributed by atoms with Crippen LogP contribution in [0.15, 0.2) is 12.1 Å². The lowest BCUT2D eigenvalue weighted by Gasteiger charge is -2.33. The van der Waals surface area contributed by atoms with Crippen LogP contribution < -0.4 is 5.32 Å². The molecule has 1 aromatic rings. The number of hydrogen-bond acceptors (Lipinski definition) is 2. The molecule has 5 heteroatoms. The third kappa shape index (κ3) is 3.79. The monoisotopic (exact) mass is 296 g/mol. The molecule has 1 amide bonds. The minimum absolute atomic E-state index is 0.0370. The predicted octanol–water partition coefficient (Wildman–Crippen LogP) is 2.88. The zero-order valence-corrected chi connectivity index (χ0v) is 12.6. The Hall–Kier alpha value is -1.49. The van der Waals surface area contributed by atoms with Gasteiger partial charge in [0.2, 0.25) is 0 Å². The van der Waals surface area contributed by atoms with Crippen molar-refractivity contribution >= 4 is 5.91 Å². The summed E-state index contributed by atoms with van der Waals surface area (Å²) in [4.78, 5) is 14.1. The molecule has 0 bridgehead atoms. The maximum atomic E-state index is 13.8. The summed E-state index contributed by atoms with van der Waals surface area (Å²) in [7, 11) is 0. The number of aryl methyl sites for hydroxylation is 1. The van der Waals surface area contributed by atoms with E-state index in [-0.39, 0.29) is 23.1 Å². The Labute approximate surface area is 124 Å². The van der Waals surface area contributed by atoms with Crippen LogP contribution in [-0.2, 0) is 0 Å². The van der Waals surface area contributed by atoms with Gasteiger partial charge in [0, 0.05) is 25.2 Å². The molecule has 0 spiro atoms. The molecule has 3 nitrogen and oxygen atoms in total. The number of benzene rings is 1. The van der Waals surface area contributed by atoms with E-state index in [4.69, 9.17) is 0 Å². The van der Waals surface area contributed by atoms with Crippen molar-refractivity contribution in [3.8, 4) is 0 Å². The molecular weight excluding hydrogens is 274 g/mol. The first-order chi connectivity index (χ1) is 10.0. The van der Waals surface area contributed by atoms with Crippen LogP contribution in [0.25, 0.3) is 0 Å². The van der Waals surface area contributed by atoms with Crippen LogP contribution in [0.5, 0.6) is 0 Å². The smallest absolute Gasteiger partial charge is 0.256 e. The van der Waals surface area contributed by atoms with Gasteiger partial charge in [0.05, 0.1) is 5.56 Å². The van der Waals surface area contributed by atoms with Gasteiger partial charge in [0.25, 0.3) is 5.91 Å². The van der Waals surface area contributed by atoms with Gasteiger partial charge in [0.1, 0.15) is 11.6 Å². The molecule has 21 heavy (non-hydrogen) atoms. The minimum Gasteiger partial charge on any atom is -0.337 e. The number of carbonyl (C=O) groups is 1. The second-order valence-electron chi connectivity index (χ2n) is 5.63. The lowest BCUT2D eigenvalue weighted by atomic mass is 10.0. The van der Waals surface area contributed by atoms with Gasteiger partial charge in [-0.05, 0) is 44.4 Å². The maximum Gasteiger partial charge on any atom is 0.256 e. The van der Waals surface area contributed by atoms with Crippen molar-refractivity contribution in [1.29, 1.82) is 0 Å². The number of hydrogen-bond donors (Lipinski definition) is 1. The lowest BCUT2D eigenvalue weighted by molar-refractivity contribution is 0.0690. The van der Waals surface area contributed by atoms with Gasteiger partial charge in [-0.3, -0.25) is 4.79 Å². The van der Waals surface area contributed by atoms with E-state index >= 15 is 0 Å². The first kappa shape index (κ1) is 15.9. The van der Waals surface area contributed by atoms with Crippen molar-refractivity contribution in [2.45, 2.75) is 39.2 Å². The van der Waals surface area contributed by atoms with Crippen LogP contribution in [0.3, 0.4) is 0 Å². The van der Waals surface area contributed by atoms with E-state index in [1.54, 1.807) is 4.90 Å². The van der Waals surface area contributed by atoms with Gasteiger partial charge in [0.15, 0.2) is 0 Å². The Morgan fingerprint density at radius 1 is 1.38 bits per heavy atom. The molecule has 0 aliphatic carbocycles. The van der Waals surface area contributed by atoms with Crippen molar-refractivity contribution in [3.05, 3.63) is 34.9 Å². The second kappa shape index (κ2) is 6.98. The quantitative estimate of drug-likeness (QED) is 0.926. The number of rotatable bonds is 4. The summed E-state index contributed by atoms with van der Waals surface area (Å²) in [5.41, 5.74) is 0.252. The summed E-state index contributed by atoms with van der Waals surface area (Å²) in [6.45, 7) is 5.74. The fourth-order valence-corrected chi connectivity index (χ4v) is 2.67. The highest BCUT2D eigenvalue weighted by Gasteiger charge is 2.26. The highest BCUT2D eigenvalue weighted by molar-refractivity contribution is 5.94.